The molecule has 0 spiro atoms. The van der Waals surface area contributed by atoms with Crippen LogP contribution >= 0.6 is 0 Å². The van der Waals surface area contributed by atoms with Gasteiger partial charge in [0.1, 0.15) is 0 Å². The van der Waals surface area contributed by atoms with Gasteiger partial charge in [0.15, 0.2) is 0 Å². The van der Waals surface area contributed by atoms with Crippen LogP contribution in [0.5, 0.6) is 0 Å². The quantitative estimate of drug-likeness (QED) is 0.427. The van der Waals surface area contributed by atoms with E-state index in [1.54, 1.807) is 0 Å². The van der Waals surface area contributed by atoms with Crippen LogP contribution in [0.25, 0.3) is 0 Å². The molecule has 0 bridgehead atoms. The van der Waals surface area contributed by atoms with Crippen LogP contribution < -0.4 is 0 Å². The van der Waals surface area contributed by atoms with E-state index in [1.165, 1.54) is 0 Å². The molecule has 0 fully saturated rings. The van der Waals surface area contributed by atoms with Crippen molar-refractivity contribution in [3.8, 4) is 0 Å². The molecule has 0 aliphatic heterocycles. The third-order valence-corrected chi connectivity index (χ3v) is 0. The summed E-state index contributed by atoms with van der Waals surface area (Å²) in [4.78, 5) is 0. The van der Waals surface area contributed by atoms with Crippen LogP contribution in [0.4, 0.5) is 0 Å². The van der Waals surface area contributed by atoms with E-state index < -0.39 is 0 Å². The zero-order valence-electron chi connectivity index (χ0n) is 4.00. The second-order valence-electron chi connectivity index (χ2n) is 1.50. The molecule has 0 saturated carbocycles. The first-order valence-corrected chi connectivity index (χ1v) is 4.50. The minimum absolute atomic E-state index is 0. The normalized spacial score (nSPS) is 6.00. The van der Waals surface area contributed by atoms with Crippen LogP contribution in [0.1, 0.15) is 0 Å². The summed E-state index contributed by atoms with van der Waals surface area (Å²) >= 11 is 0. The zero-order valence-corrected chi connectivity index (χ0v) is 6.56. The van der Waals surface area contributed by atoms with Crippen LogP contribution in [0.3, 0.4) is 0 Å². The molecular weight excluding hydrogens is 140 g/mol. The third-order valence-electron chi connectivity index (χ3n) is 0. The predicted octanol–water partition coefficient (Wildman–Crippen LogP) is -0.0835. The average molecular weight is 153 g/mol. The molecule has 0 saturated heterocycles. The van der Waals surface area contributed by atoms with E-state index in [9.17, 15) is 0 Å². The molecule has 0 nitrogen and oxygen atoms in total. The van der Waals surface area contributed by atoms with Crippen LogP contribution in [0, 0.1) is 0 Å². The van der Waals surface area contributed by atoms with Crippen molar-refractivity contribution in [2.45, 2.75) is 19.6 Å². The number of hydrogen-bond acceptors (Lipinski definition) is 0. The maximum absolute atomic E-state index is 2.27. The zero-order chi connectivity index (χ0) is 3.58. The van der Waals surface area contributed by atoms with Crippen LogP contribution in [-0.4, -0.2) is 19.8 Å². The second kappa shape index (κ2) is 9.47. The fraction of sp³-hybridized carbons (Fsp3) is 1.00. The third kappa shape index (κ3) is 67.2. The molecule has 0 unspecified atom stereocenters. The molecule has 0 amide bonds. The fourth-order valence-electron chi connectivity index (χ4n) is 0. The van der Waals surface area contributed by atoms with E-state index >= 15 is 0 Å². The summed E-state index contributed by atoms with van der Waals surface area (Å²) in [6.45, 7) is 6.81. The van der Waals surface area contributed by atoms with E-state index in [4.69, 9.17) is 0 Å². The number of rotatable bonds is 0. The van der Waals surface area contributed by atoms with Gasteiger partial charge in [-0.05, 0) is 11.0 Å². The largest absolute Gasteiger partial charge is 0.0715 e. The molecule has 0 rings (SSSR count). The van der Waals surface area contributed by atoms with E-state index in [2.05, 4.69) is 19.6 Å². The summed E-state index contributed by atoms with van der Waals surface area (Å²) in [6, 6.07) is 0. The Labute approximate surface area is 61.2 Å². The van der Waals surface area contributed by atoms with Crippen molar-refractivity contribution in [2.24, 2.45) is 0 Å². The molecule has 0 N–H and O–H groups in total. The molecule has 1 radical (unpaired) electrons. The standard InChI is InChI=1S/C3H9Si.H4Si.Ti/c1-4(2)3;;/h1-3H3;1H4;. The Morgan fingerprint density at radius 1 is 1.00 bits per heavy atom. The maximum atomic E-state index is 2.27. The monoisotopic (exact) mass is 153 g/mol. The topological polar surface area (TPSA) is 0 Å². The van der Waals surface area contributed by atoms with Gasteiger partial charge >= 0.3 is 0 Å². The molecule has 0 aromatic carbocycles. The Kier molecular flexibility index (Phi) is 24.8. The van der Waals surface area contributed by atoms with Gasteiger partial charge in [-0.1, -0.05) is 19.6 Å². The van der Waals surface area contributed by atoms with Gasteiger partial charge in [0.25, 0.3) is 0 Å². The molecule has 0 atom stereocenters. The Morgan fingerprint density at radius 2 is 1.00 bits per heavy atom. The summed E-state index contributed by atoms with van der Waals surface area (Å²) in [5.41, 5.74) is 0. The van der Waals surface area contributed by atoms with Crippen LogP contribution in [0.15, 0.2) is 0 Å². The van der Waals surface area contributed by atoms with E-state index in [0.29, 0.717) is 0 Å². The van der Waals surface area contributed by atoms with Crippen molar-refractivity contribution in [1.82, 2.24) is 0 Å². The van der Waals surface area contributed by atoms with E-state index in [-0.39, 0.29) is 41.5 Å². The van der Waals surface area contributed by atoms with Crippen LogP contribution in [-0.2, 0) is 21.7 Å². The predicted molar refractivity (Wildman–Crippen MR) is 34.7 cm³/mol. The molecule has 0 aliphatic carbocycles. The minimum Gasteiger partial charge on any atom is -0.0715 e. The molecular formula is C3H13Si2Ti. The summed E-state index contributed by atoms with van der Waals surface area (Å²) in [5.74, 6) is 0. The fourth-order valence-corrected chi connectivity index (χ4v) is 0. The van der Waals surface area contributed by atoms with Gasteiger partial charge in [0.05, 0.1) is 0 Å². The summed E-state index contributed by atoms with van der Waals surface area (Å²) < 4.78 is 0. The minimum atomic E-state index is 0. The molecule has 0 heterocycles. The van der Waals surface area contributed by atoms with Crippen molar-refractivity contribution in [3.63, 3.8) is 0 Å². The van der Waals surface area contributed by atoms with Crippen molar-refractivity contribution >= 4 is 19.8 Å². The van der Waals surface area contributed by atoms with Gasteiger partial charge < -0.3 is 0 Å². The van der Waals surface area contributed by atoms with Crippen molar-refractivity contribution in [2.75, 3.05) is 0 Å². The summed E-state index contributed by atoms with van der Waals surface area (Å²) in [6.07, 6.45) is 0. The summed E-state index contributed by atoms with van der Waals surface area (Å²) in [5, 5.41) is 0. The van der Waals surface area contributed by atoms with Gasteiger partial charge in [-0.2, -0.15) is 0 Å². The van der Waals surface area contributed by atoms with Crippen molar-refractivity contribution in [3.05, 3.63) is 0 Å². The average Bonchev–Trinajstić information content (AvgIpc) is 0.811. The van der Waals surface area contributed by atoms with Crippen molar-refractivity contribution in [1.29, 1.82) is 0 Å². The molecule has 3 heteroatoms. The first-order chi connectivity index (χ1) is 1.73. The van der Waals surface area contributed by atoms with Gasteiger partial charge in [-0.3, -0.25) is 0 Å². The summed E-state index contributed by atoms with van der Waals surface area (Å²) in [7, 11) is 0.120. The Morgan fingerprint density at radius 3 is 1.00 bits per heavy atom. The van der Waals surface area contributed by atoms with Gasteiger partial charge in [-0.15, -0.1) is 0 Å². The SMILES string of the molecule is C[Si](C)C.[SiH4].[Ti]. The first-order valence-electron chi connectivity index (χ1n) is 1.50. The molecule has 0 aliphatic rings. The first kappa shape index (κ1) is 15.7. The van der Waals surface area contributed by atoms with E-state index in [1.807, 2.05) is 0 Å². The van der Waals surface area contributed by atoms with Crippen LogP contribution in [0.2, 0.25) is 19.6 Å². The van der Waals surface area contributed by atoms with Gasteiger partial charge in [-0.25, -0.2) is 0 Å². The Hall–Kier alpha value is 1.15. The Bertz CT molecular complexity index is 13.5. The molecule has 0 aromatic heterocycles. The molecule has 37 valence electrons. The van der Waals surface area contributed by atoms with E-state index in [0.717, 1.165) is 0 Å². The van der Waals surface area contributed by atoms with Gasteiger partial charge in [0.2, 0.25) is 0 Å². The number of hydrogen-bond donors (Lipinski definition) is 0. The second-order valence-corrected chi connectivity index (χ2v) is 4.50. The van der Waals surface area contributed by atoms with Crippen molar-refractivity contribution < 1.29 is 21.7 Å². The smallest absolute Gasteiger partial charge is 0.0379 e. The van der Waals surface area contributed by atoms with Gasteiger partial charge in [0, 0.05) is 30.5 Å². The molecule has 6 heavy (non-hydrogen) atoms. The maximum Gasteiger partial charge on any atom is 0.0379 e. The molecule has 0 aromatic rings. The Balaban J connectivity index is -0.0000000450.